The minimum Gasteiger partial charge on any atom is -0.444 e. The molecule has 0 spiro atoms. The van der Waals surface area contributed by atoms with E-state index >= 15 is 0 Å². The number of ether oxygens (including phenoxy) is 1. The van der Waals surface area contributed by atoms with Crippen molar-refractivity contribution in [2.75, 3.05) is 5.32 Å². The first-order valence-corrected chi connectivity index (χ1v) is 8.98. The summed E-state index contributed by atoms with van der Waals surface area (Å²) in [6.07, 6.45) is -1.47. The molecule has 30 heavy (non-hydrogen) atoms. The molecule has 1 atom stereocenters. The summed E-state index contributed by atoms with van der Waals surface area (Å²) in [4.78, 5) is 36.9. The molecular formula is C23H17F2NO4. The topological polar surface area (TPSA) is 72.5 Å². The zero-order chi connectivity index (χ0) is 21.7. The van der Waals surface area contributed by atoms with E-state index in [1.165, 1.54) is 13.0 Å². The van der Waals surface area contributed by atoms with Crippen LogP contribution in [0.5, 0.6) is 0 Å². The Kier molecular flexibility index (Phi) is 6.32. The van der Waals surface area contributed by atoms with E-state index in [9.17, 15) is 23.2 Å². The Hall–Kier alpha value is -3.87. The number of anilines is 1. The minimum atomic E-state index is -1.47. The smallest absolute Gasteiger partial charge is 0.345 e. The first-order valence-electron chi connectivity index (χ1n) is 8.98. The maximum Gasteiger partial charge on any atom is 0.345 e. The van der Waals surface area contributed by atoms with Gasteiger partial charge in [-0.15, -0.1) is 0 Å². The second kappa shape index (κ2) is 9.09. The molecule has 0 fully saturated rings. The third-order valence-corrected chi connectivity index (χ3v) is 4.27. The van der Waals surface area contributed by atoms with Gasteiger partial charge in [-0.25, -0.2) is 13.6 Å². The fourth-order valence-corrected chi connectivity index (χ4v) is 2.78. The van der Waals surface area contributed by atoms with Gasteiger partial charge in [0.05, 0.1) is 0 Å². The van der Waals surface area contributed by atoms with Crippen LogP contribution in [0, 0.1) is 11.6 Å². The molecule has 0 bridgehead atoms. The predicted molar refractivity (Wildman–Crippen MR) is 106 cm³/mol. The first-order chi connectivity index (χ1) is 14.4. The van der Waals surface area contributed by atoms with Gasteiger partial charge in [0.25, 0.3) is 5.91 Å². The second-order valence-corrected chi connectivity index (χ2v) is 6.42. The number of amides is 1. The number of hydrogen-bond acceptors (Lipinski definition) is 4. The van der Waals surface area contributed by atoms with Crippen LogP contribution in [0.15, 0.2) is 72.8 Å². The Bertz CT molecular complexity index is 1080. The third kappa shape index (κ3) is 4.75. The van der Waals surface area contributed by atoms with E-state index in [0.29, 0.717) is 16.8 Å². The van der Waals surface area contributed by atoms with Crippen LogP contribution in [0.1, 0.15) is 39.3 Å². The van der Waals surface area contributed by atoms with Gasteiger partial charge >= 0.3 is 5.97 Å². The normalized spacial score (nSPS) is 11.4. The zero-order valence-corrected chi connectivity index (χ0v) is 15.9. The van der Waals surface area contributed by atoms with Crippen molar-refractivity contribution in [2.24, 2.45) is 0 Å². The van der Waals surface area contributed by atoms with E-state index < -0.39 is 35.2 Å². The monoisotopic (exact) mass is 409 g/mol. The molecule has 3 aromatic carbocycles. The Morgan fingerprint density at radius 3 is 2.13 bits per heavy atom. The van der Waals surface area contributed by atoms with Crippen molar-refractivity contribution in [3.8, 4) is 0 Å². The Morgan fingerprint density at radius 2 is 1.50 bits per heavy atom. The first kappa shape index (κ1) is 20.9. The van der Waals surface area contributed by atoms with E-state index in [0.717, 1.165) is 18.2 Å². The van der Waals surface area contributed by atoms with Crippen molar-refractivity contribution in [3.63, 3.8) is 0 Å². The van der Waals surface area contributed by atoms with Crippen molar-refractivity contribution in [3.05, 3.63) is 101 Å². The SMILES string of the molecule is CC(=O)c1cccc(NC(=O)[C@H](OC(=O)c2c(F)cccc2F)c2ccccc2)c1. The lowest BCUT2D eigenvalue weighted by molar-refractivity contribution is -0.125. The van der Waals surface area contributed by atoms with Crippen molar-refractivity contribution in [1.29, 1.82) is 0 Å². The van der Waals surface area contributed by atoms with Gasteiger partial charge in [-0.1, -0.05) is 48.5 Å². The Balaban J connectivity index is 1.90. The van der Waals surface area contributed by atoms with Crippen LogP contribution >= 0.6 is 0 Å². The average molecular weight is 409 g/mol. The van der Waals surface area contributed by atoms with Gasteiger partial charge in [0.15, 0.2) is 5.78 Å². The highest BCUT2D eigenvalue weighted by atomic mass is 19.1. The number of halogens is 2. The fourth-order valence-electron chi connectivity index (χ4n) is 2.78. The van der Waals surface area contributed by atoms with Gasteiger partial charge in [0, 0.05) is 16.8 Å². The number of carbonyl (C=O) groups excluding carboxylic acids is 3. The number of rotatable bonds is 6. The summed E-state index contributed by atoms with van der Waals surface area (Å²) < 4.78 is 33.1. The number of esters is 1. The summed E-state index contributed by atoms with van der Waals surface area (Å²) in [6.45, 7) is 1.39. The molecule has 1 amide bonds. The van der Waals surface area contributed by atoms with Crippen LogP contribution in [0.3, 0.4) is 0 Å². The quantitative estimate of drug-likeness (QED) is 0.473. The van der Waals surface area contributed by atoms with Gasteiger partial charge in [-0.2, -0.15) is 0 Å². The summed E-state index contributed by atoms with van der Waals surface area (Å²) >= 11 is 0. The van der Waals surface area contributed by atoms with E-state index in [1.54, 1.807) is 48.5 Å². The number of benzene rings is 3. The molecule has 3 aromatic rings. The molecule has 3 rings (SSSR count). The molecule has 0 aliphatic carbocycles. The number of nitrogens with one attached hydrogen (secondary N) is 1. The Labute approximate surface area is 171 Å². The third-order valence-electron chi connectivity index (χ3n) is 4.27. The van der Waals surface area contributed by atoms with Crippen molar-refractivity contribution >= 4 is 23.3 Å². The molecule has 0 aliphatic rings. The molecule has 0 unspecified atom stereocenters. The van der Waals surface area contributed by atoms with Crippen LogP contribution < -0.4 is 5.32 Å². The summed E-state index contributed by atoms with van der Waals surface area (Å²) in [5.74, 6) is -4.44. The fraction of sp³-hybridized carbons (Fsp3) is 0.0870. The second-order valence-electron chi connectivity index (χ2n) is 6.42. The van der Waals surface area contributed by atoms with E-state index in [4.69, 9.17) is 4.74 Å². The van der Waals surface area contributed by atoms with Gasteiger partial charge in [-0.05, 0) is 31.2 Å². The number of carbonyl (C=O) groups is 3. The minimum absolute atomic E-state index is 0.188. The van der Waals surface area contributed by atoms with Gasteiger partial charge < -0.3 is 10.1 Å². The summed E-state index contributed by atoms with van der Waals surface area (Å²) in [7, 11) is 0. The molecule has 0 aromatic heterocycles. The van der Waals surface area contributed by atoms with E-state index in [2.05, 4.69) is 5.32 Å². The molecule has 7 heteroatoms. The highest BCUT2D eigenvalue weighted by Crippen LogP contribution is 2.24. The zero-order valence-electron chi connectivity index (χ0n) is 15.9. The Morgan fingerprint density at radius 1 is 0.867 bits per heavy atom. The molecule has 152 valence electrons. The van der Waals surface area contributed by atoms with E-state index in [1.807, 2.05) is 0 Å². The molecule has 0 aliphatic heterocycles. The highest BCUT2D eigenvalue weighted by molar-refractivity contribution is 6.00. The summed E-state index contributed by atoms with van der Waals surface area (Å²) in [6, 6.07) is 17.2. The molecule has 0 radical (unpaired) electrons. The summed E-state index contributed by atoms with van der Waals surface area (Å²) in [5, 5.41) is 2.57. The molecular weight excluding hydrogens is 392 g/mol. The van der Waals surface area contributed by atoms with Gasteiger partial charge in [-0.3, -0.25) is 9.59 Å². The van der Waals surface area contributed by atoms with Crippen LogP contribution in [0.4, 0.5) is 14.5 Å². The van der Waals surface area contributed by atoms with Crippen LogP contribution in [0.2, 0.25) is 0 Å². The molecule has 0 heterocycles. The van der Waals surface area contributed by atoms with Crippen molar-refractivity contribution in [2.45, 2.75) is 13.0 Å². The average Bonchev–Trinajstić information content (AvgIpc) is 2.72. The lowest BCUT2D eigenvalue weighted by atomic mass is 10.1. The molecule has 0 saturated heterocycles. The molecule has 5 nitrogen and oxygen atoms in total. The van der Waals surface area contributed by atoms with Gasteiger partial charge in [0.1, 0.15) is 17.2 Å². The lowest BCUT2D eigenvalue weighted by Gasteiger charge is -2.18. The predicted octanol–water partition coefficient (Wildman–Crippen LogP) is 4.70. The maximum absolute atomic E-state index is 13.9. The van der Waals surface area contributed by atoms with Crippen LogP contribution in [-0.2, 0) is 9.53 Å². The van der Waals surface area contributed by atoms with Crippen molar-refractivity contribution in [1.82, 2.24) is 0 Å². The van der Waals surface area contributed by atoms with Crippen molar-refractivity contribution < 1.29 is 27.9 Å². The molecule has 1 N–H and O–H groups in total. The number of ketones is 1. The maximum atomic E-state index is 13.9. The number of hydrogen-bond donors (Lipinski definition) is 1. The van der Waals surface area contributed by atoms with Crippen LogP contribution in [0.25, 0.3) is 0 Å². The summed E-state index contributed by atoms with van der Waals surface area (Å²) in [5.41, 5.74) is 0.115. The largest absolute Gasteiger partial charge is 0.444 e. The molecule has 0 saturated carbocycles. The standard InChI is InChI=1S/C23H17F2NO4/c1-14(27)16-9-5-10-17(13-16)26-22(28)21(15-7-3-2-4-8-15)30-23(29)20-18(24)11-6-12-19(20)25/h2-13,21H,1H3,(H,26,28)/t21-/m1/s1. The number of Topliss-reactive ketones (excluding diaryl/α,β-unsaturated/α-hetero) is 1. The van der Waals surface area contributed by atoms with E-state index in [-0.39, 0.29) is 5.78 Å². The van der Waals surface area contributed by atoms with Gasteiger partial charge in [0.2, 0.25) is 6.10 Å². The highest BCUT2D eigenvalue weighted by Gasteiger charge is 2.28. The van der Waals surface area contributed by atoms with Crippen LogP contribution in [-0.4, -0.2) is 17.7 Å². The lowest BCUT2D eigenvalue weighted by Crippen LogP contribution is -2.26.